The third-order valence-electron chi connectivity index (χ3n) is 2.69. The van der Waals surface area contributed by atoms with Gasteiger partial charge in [0.25, 0.3) is 0 Å². The van der Waals surface area contributed by atoms with Gasteiger partial charge in [0.2, 0.25) is 0 Å². The van der Waals surface area contributed by atoms with Crippen LogP contribution < -0.4 is 0 Å². The van der Waals surface area contributed by atoms with Gasteiger partial charge in [0.15, 0.2) is 14.6 Å². The van der Waals surface area contributed by atoms with Crippen LogP contribution in [-0.2, 0) is 16.4 Å². The second kappa shape index (κ2) is 5.07. The first-order chi connectivity index (χ1) is 8.45. The first kappa shape index (κ1) is 13.6. The number of nitrogens with zero attached hydrogens (tertiary/aromatic N) is 1. The Morgan fingerprint density at radius 3 is 2.78 bits per heavy atom. The van der Waals surface area contributed by atoms with Gasteiger partial charge in [-0.25, -0.2) is 8.42 Å². The summed E-state index contributed by atoms with van der Waals surface area (Å²) in [5.41, 5.74) is 1.45. The molecule has 0 radical (unpaired) electrons. The van der Waals surface area contributed by atoms with Crippen LogP contribution in [0.25, 0.3) is 11.0 Å². The molecular weight excluding hydrogens is 288 g/mol. The Kier molecular flexibility index (Phi) is 3.84. The lowest BCUT2D eigenvalue weighted by atomic mass is 10.3. The highest BCUT2D eigenvalue weighted by molar-refractivity contribution is 7.98. The number of hydrogen-bond donors (Lipinski definition) is 1. The Balaban J connectivity index is 2.71. The molecule has 1 aromatic carbocycles. The first-order valence-electron chi connectivity index (χ1n) is 5.35. The second-order valence-electron chi connectivity index (χ2n) is 4.00. The minimum atomic E-state index is -3.25. The van der Waals surface area contributed by atoms with Crippen LogP contribution >= 0.6 is 24.0 Å². The van der Waals surface area contributed by atoms with Gasteiger partial charge in [0, 0.05) is 18.6 Å². The van der Waals surface area contributed by atoms with Crippen molar-refractivity contribution in [3.8, 4) is 0 Å². The summed E-state index contributed by atoms with van der Waals surface area (Å²) in [4.78, 5) is 3.30. The number of aromatic amines is 1. The van der Waals surface area contributed by atoms with E-state index in [4.69, 9.17) is 12.2 Å². The van der Waals surface area contributed by atoms with Crippen LogP contribution in [0.4, 0.5) is 0 Å². The van der Waals surface area contributed by atoms with Crippen LogP contribution in [0.2, 0.25) is 0 Å². The maximum Gasteiger partial charge on any atom is 0.178 e. The summed E-state index contributed by atoms with van der Waals surface area (Å²) < 4.78 is 25.9. The summed E-state index contributed by atoms with van der Waals surface area (Å²) >= 11 is 6.98. The molecule has 0 spiro atoms. The minimum absolute atomic E-state index is 0.300. The van der Waals surface area contributed by atoms with Crippen molar-refractivity contribution in [1.29, 1.82) is 0 Å². The van der Waals surface area contributed by atoms with Gasteiger partial charge in [-0.1, -0.05) is 6.07 Å². The van der Waals surface area contributed by atoms with Crippen LogP contribution in [0.15, 0.2) is 23.1 Å². The van der Waals surface area contributed by atoms with Gasteiger partial charge in [-0.2, -0.15) is 11.8 Å². The lowest BCUT2D eigenvalue weighted by molar-refractivity contribution is 0.602. The topological polar surface area (TPSA) is 54.9 Å². The highest BCUT2D eigenvalue weighted by atomic mass is 32.2. The van der Waals surface area contributed by atoms with Crippen molar-refractivity contribution in [1.82, 2.24) is 9.55 Å². The third kappa shape index (κ3) is 2.48. The molecule has 0 aliphatic carbocycles. The summed E-state index contributed by atoms with van der Waals surface area (Å²) in [6.07, 6.45) is 3.23. The number of sulfone groups is 1. The van der Waals surface area contributed by atoms with E-state index < -0.39 is 9.84 Å². The van der Waals surface area contributed by atoms with Crippen LogP contribution in [0.3, 0.4) is 0 Å². The van der Waals surface area contributed by atoms with Crippen LogP contribution in [0.1, 0.15) is 0 Å². The standard InChI is InChI=1S/C11H14N2O2S3/c1-17-7-6-13-8-4-3-5-9(18(2,14)15)10(8)12-11(13)16/h3-5H,6-7H2,1-2H3,(H,12,16). The van der Waals surface area contributed by atoms with Gasteiger partial charge >= 0.3 is 0 Å². The maximum absolute atomic E-state index is 11.7. The van der Waals surface area contributed by atoms with E-state index >= 15 is 0 Å². The molecule has 0 atom stereocenters. The Morgan fingerprint density at radius 2 is 2.17 bits per heavy atom. The lowest BCUT2D eigenvalue weighted by Gasteiger charge is -2.04. The third-order valence-corrected chi connectivity index (χ3v) is 4.74. The molecule has 0 saturated heterocycles. The van der Waals surface area contributed by atoms with E-state index in [1.54, 1.807) is 23.9 Å². The zero-order valence-electron chi connectivity index (χ0n) is 10.1. The number of para-hydroxylation sites is 1. The van der Waals surface area contributed by atoms with E-state index in [9.17, 15) is 8.42 Å². The highest BCUT2D eigenvalue weighted by Gasteiger charge is 2.15. The summed E-state index contributed by atoms with van der Waals surface area (Å²) in [5, 5.41) is 0. The molecule has 1 heterocycles. The molecule has 0 bridgehead atoms. The second-order valence-corrected chi connectivity index (χ2v) is 7.35. The molecule has 0 amide bonds. The maximum atomic E-state index is 11.7. The molecular formula is C11H14N2O2S3. The predicted octanol–water partition coefficient (Wildman–Crippen LogP) is 2.47. The quantitative estimate of drug-likeness (QED) is 0.882. The summed E-state index contributed by atoms with van der Waals surface area (Å²) in [5.74, 6) is 0.935. The zero-order valence-corrected chi connectivity index (χ0v) is 12.6. The molecule has 4 nitrogen and oxygen atoms in total. The molecule has 1 N–H and O–H groups in total. The van der Waals surface area contributed by atoms with Gasteiger partial charge in [-0.05, 0) is 30.6 Å². The Bertz CT molecular complexity index is 728. The van der Waals surface area contributed by atoms with E-state index in [1.807, 2.05) is 16.9 Å². The average molecular weight is 302 g/mol. The largest absolute Gasteiger partial charge is 0.329 e. The fraction of sp³-hybridized carbons (Fsp3) is 0.364. The van der Waals surface area contributed by atoms with Gasteiger partial charge in [-0.3, -0.25) is 0 Å². The van der Waals surface area contributed by atoms with Crippen LogP contribution in [-0.4, -0.2) is 36.2 Å². The number of imidazole rings is 1. The molecule has 0 unspecified atom stereocenters. The van der Waals surface area contributed by atoms with Crippen molar-refractivity contribution < 1.29 is 8.42 Å². The normalized spacial score (nSPS) is 12.1. The van der Waals surface area contributed by atoms with Crippen LogP contribution in [0.5, 0.6) is 0 Å². The summed E-state index contributed by atoms with van der Waals surface area (Å²) in [6, 6.07) is 5.23. The number of rotatable bonds is 4. The van der Waals surface area contributed by atoms with Gasteiger partial charge < -0.3 is 9.55 Å². The van der Waals surface area contributed by atoms with Crippen molar-refractivity contribution in [2.24, 2.45) is 0 Å². The predicted molar refractivity (Wildman–Crippen MR) is 78.6 cm³/mol. The molecule has 98 valence electrons. The Labute approximate surface area is 115 Å². The van der Waals surface area contributed by atoms with Crippen molar-refractivity contribution >= 4 is 44.9 Å². The minimum Gasteiger partial charge on any atom is -0.329 e. The first-order valence-corrected chi connectivity index (χ1v) is 9.05. The fourth-order valence-electron chi connectivity index (χ4n) is 1.87. The number of fused-ring (bicyclic) bond motifs is 1. The molecule has 7 heteroatoms. The molecule has 1 aromatic heterocycles. The molecule has 2 aromatic rings. The SMILES string of the molecule is CSCCn1c(=S)[nH]c2c(S(C)(=O)=O)cccc21. The molecule has 0 fully saturated rings. The fourth-order valence-corrected chi connectivity index (χ4v) is 3.38. The number of H-pyrrole nitrogens is 1. The molecule has 0 aliphatic rings. The number of thioether (sulfide) groups is 1. The number of hydrogen-bond acceptors (Lipinski definition) is 4. The highest BCUT2D eigenvalue weighted by Crippen LogP contribution is 2.22. The zero-order chi connectivity index (χ0) is 13.3. The Morgan fingerprint density at radius 1 is 1.44 bits per heavy atom. The van der Waals surface area contributed by atoms with E-state index in [2.05, 4.69) is 4.98 Å². The molecule has 18 heavy (non-hydrogen) atoms. The lowest BCUT2D eigenvalue weighted by Crippen LogP contribution is -2.01. The number of aryl methyl sites for hydroxylation is 1. The van der Waals surface area contributed by atoms with E-state index in [0.29, 0.717) is 15.2 Å². The summed E-state index contributed by atoms with van der Waals surface area (Å²) in [7, 11) is -3.25. The van der Waals surface area contributed by atoms with Gasteiger partial charge in [0.05, 0.1) is 15.9 Å². The molecule has 0 aliphatic heterocycles. The van der Waals surface area contributed by atoms with Gasteiger partial charge in [0.1, 0.15) is 0 Å². The number of nitrogens with one attached hydrogen (secondary N) is 1. The van der Waals surface area contributed by atoms with E-state index in [1.165, 1.54) is 6.26 Å². The average Bonchev–Trinajstić information content (AvgIpc) is 2.60. The van der Waals surface area contributed by atoms with Crippen LogP contribution in [0, 0.1) is 4.77 Å². The van der Waals surface area contributed by atoms with Crippen molar-refractivity contribution in [3.63, 3.8) is 0 Å². The van der Waals surface area contributed by atoms with E-state index in [0.717, 1.165) is 17.8 Å². The van der Waals surface area contributed by atoms with Crippen molar-refractivity contribution in [3.05, 3.63) is 23.0 Å². The number of aromatic nitrogens is 2. The molecule has 0 saturated carbocycles. The monoisotopic (exact) mass is 302 g/mol. The molecule has 2 rings (SSSR count). The summed E-state index contributed by atoms with van der Waals surface area (Å²) in [6.45, 7) is 0.771. The van der Waals surface area contributed by atoms with Crippen molar-refractivity contribution in [2.75, 3.05) is 18.3 Å². The number of benzene rings is 1. The van der Waals surface area contributed by atoms with E-state index in [-0.39, 0.29) is 0 Å². The van der Waals surface area contributed by atoms with Crippen molar-refractivity contribution in [2.45, 2.75) is 11.4 Å². The van der Waals surface area contributed by atoms with Gasteiger partial charge in [-0.15, -0.1) is 0 Å². The smallest absolute Gasteiger partial charge is 0.178 e. The Hall–Kier alpha value is -0.790.